The third kappa shape index (κ3) is 2.43. The number of anilines is 1. The van der Waals surface area contributed by atoms with Crippen molar-refractivity contribution in [2.75, 3.05) is 5.32 Å². The van der Waals surface area contributed by atoms with Gasteiger partial charge in [-0.2, -0.15) is 0 Å². The van der Waals surface area contributed by atoms with Gasteiger partial charge in [-0.25, -0.2) is 9.97 Å². The molecule has 78 valence electrons. The fourth-order valence-electron chi connectivity index (χ4n) is 1.50. The molecule has 0 atom stereocenters. The molecular weight excluding hydrogens is 186 g/mol. The van der Waals surface area contributed by atoms with Crippen molar-refractivity contribution in [1.29, 1.82) is 0 Å². The Morgan fingerprint density at radius 2 is 2.00 bits per heavy atom. The van der Waals surface area contributed by atoms with Gasteiger partial charge in [-0.05, 0) is 39.0 Å². The fraction of sp³-hybridized carbons (Fsp3) is 0.333. The maximum Gasteiger partial charge on any atom is 0.116 e. The van der Waals surface area contributed by atoms with Crippen molar-refractivity contribution in [1.82, 2.24) is 9.97 Å². The second kappa shape index (κ2) is 3.50. The maximum atomic E-state index is 4.18. The van der Waals surface area contributed by atoms with E-state index in [1.54, 1.807) is 6.33 Å². The zero-order valence-corrected chi connectivity index (χ0v) is 9.28. The first kappa shape index (κ1) is 9.90. The highest BCUT2D eigenvalue weighted by molar-refractivity contribution is 5.81. The zero-order chi connectivity index (χ0) is 10.9. The Hall–Kier alpha value is -1.64. The van der Waals surface area contributed by atoms with Gasteiger partial charge in [0.1, 0.15) is 6.33 Å². The third-order valence-corrected chi connectivity index (χ3v) is 2.02. The quantitative estimate of drug-likeness (QED) is 0.771. The average Bonchev–Trinajstić information content (AvgIpc) is 2.15. The summed E-state index contributed by atoms with van der Waals surface area (Å²) in [5, 5.41) is 4.48. The van der Waals surface area contributed by atoms with Gasteiger partial charge < -0.3 is 5.32 Å². The van der Waals surface area contributed by atoms with Crippen molar-refractivity contribution in [3.63, 3.8) is 0 Å². The molecule has 0 spiro atoms. The average molecular weight is 201 g/mol. The number of nitrogens with zero attached hydrogens (tertiary/aromatic N) is 2. The molecule has 1 aromatic carbocycles. The van der Waals surface area contributed by atoms with Crippen molar-refractivity contribution in [3.8, 4) is 0 Å². The lowest BCUT2D eigenvalue weighted by Crippen LogP contribution is -2.25. The Balaban J connectivity index is 2.39. The van der Waals surface area contributed by atoms with Gasteiger partial charge in [0.2, 0.25) is 0 Å². The van der Waals surface area contributed by atoms with Crippen molar-refractivity contribution in [3.05, 3.63) is 30.7 Å². The third-order valence-electron chi connectivity index (χ3n) is 2.02. The Labute approximate surface area is 89.6 Å². The number of fused-ring (bicyclic) bond motifs is 1. The molecule has 0 unspecified atom stereocenters. The summed E-state index contributed by atoms with van der Waals surface area (Å²) in [6.07, 6.45) is 3.40. The van der Waals surface area contributed by atoms with Gasteiger partial charge in [0.15, 0.2) is 0 Å². The number of nitrogens with one attached hydrogen (secondary N) is 1. The Kier molecular flexibility index (Phi) is 2.31. The molecule has 1 heterocycles. The normalized spacial score (nSPS) is 11.7. The van der Waals surface area contributed by atoms with Crippen LogP contribution in [-0.2, 0) is 0 Å². The molecule has 3 heteroatoms. The zero-order valence-electron chi connectivity index (χ0n) is 9.28. The van der Waals surface area contributed by atoms with Gasteiger partial charge in [0, 0.05) is 22.8 Å². The van der Waals surface area contributed by atoms with Gasteiger partial charge in [-0.1, -0.05) is 0 Å². The van der Waals surface area contributed by atoms with Crippen LogP contribution in [0.1, 0.15) is 20.8 Å². The monoisotopic (exact) mass is 201 g/mol. The van der Waals surface area contributed by atoms with E-state index in [0.717, 1.165) is 16.6 Å². The van der Waals surface area contributed by atoms with E-state index in [2.05, 4.69) is 42.1 Å². The molecule has 3 nitrogen and oxygen atoms in total. The van der Waals surface area contributed by atoms with Crippen LogP contribution in [0.5, 0.6) is 0 Å². The van der Waals surface area contributed by atoms with E-state index in [-0.39, 0.29) is 5.54 Å². The molecule has 0 bridgehead atoms. The summed E-state index contributed by atoms with van der Waals surface area (Å²) in [5.74, 6) is 0. The highest BCUT2D eigenvalue weighted by atomic mass is 14.9. The van der Waals surface area contributed by atoms with Gasteiger partial charge in [-0.3, -0.25) is 0 Å². The molecule has 15 heavy (non-hydrogen) atoms. The van der Waals surface area contributed by atoms with Crippen molar-refractivity contribution >= 4 is 16.6 Å². The second-order valence-corrected chi connectivity index (χ2v) is 4.67. The van der Waals surface area contributed by atoms with Gasteiger partial charge >= 0.3 is 0 Å². The lowest BCUT2D eigenvalue weighted by atomic mass is 10.1. The van der Waals surface area contributed by atoms with Crippen LogP contribution >= 0.6 is 0 Å². The molecule has 2 aromatic rings. The first-order chi connectivity index (χ1) is 7.04. The predicted octanol–water partition coefficient (Wildman–Crippen LogP) is 2.84. The molecule has 0 amide bonds. The van der Waals surface area contributed by atoms with Crippen LogP contribution in [0, 0.1) is 0 Å². The topological polar surface area (TPSA) is 37.8 Å². The van der Waals surface area contributed by atoms with Crippen LogP contribution in [0.4, 0.5) is 5.69 Å². The van der Waals surface area contributed by atoms with E-state index < -0.39 is 0 Å². The van der Waals surface area contributed by atoms with E-state index in [4.69, 9.17) is 0 Å². The van der Waals surface area contributed by atoms with Crippen LogP contribution in [-0.4, -0.2) is 15.5 Å². The number of rotatable bonds is 1. The lowest BCUT2D eigenvalue weighted by molar-refractivity contribution is 0.634. The molecule has 0 radical (unpaired) electrons. The Morgan fingerprint density at radius 3 is 2.73 bits per heavy atom. The lowest BCUT2D eigenvalue weighted by Gasteiger charge is -2.22. The Morgan fingerprint density at radius 1 is 1.20 bits per heavy atom. The molecule has 0 saturated heterocycles. The summed E-state index contributed by atoms with van der Waals surface area (Å²) in [6.45, 7) is 6.41. The first-order valence-corrected chi connectivity index (χ1v) is 5.02. The summed E-state index contributed by atoms with van der Waals surface area (Å²) in [6, 6.07) is 6.12. The van der Waals surface area contributed by atoms with Crippen molar-refractivity contribution in [2.45, 2.75) is 26.3 Å². The first-order valence-electron chi connectivity index (χ1n) is 5.02. The summed E-state index contributed by atoms with van der Waals surface area (Å²) in [5.41, 5.74) is 2.15. The minimum atomic E-state index is 0.0727. The van der Waals surface area contributed by atoms with Crippen molar-refractivity contribution < 1.29 is 0 Å². The van der Waals surface area contributed by atoms with E-state index >= 15 is 0 Å². The van der Waals surface area contributed by atoms with Gasteiger partial charge in [-0.15, -0.1) is 0 Å². The van der Waals surface area contributed by atoms with E-state index in [1.807, 2.05) is 18.3 Å². The van der Waals surface area contributed by atoms with E-state index in [1.165, 1.54) is 0 Å². The molecule has 1 N–H and O–H groups in total. The second-order valence-electron chi connectivity index (χ2n) is 4.67. The van der Waals surface area contributed by atoms with Crippen molar-refractivity contribution in [2.24, 2.45) is 0 Å². The SMILES string of the molecule is CC(C)(C)Nc1ccc2ncncc2c1. The molecule has 0 aliphatic carbocycles. The summed E-state index contributed by atoms with van der Waals surface area (Å²) in [4.78, 5) is 8.19. The molecule has 0 aliphatic rings. The summed E-state index contributed by atoms with van der Waals surface area (Å²) >= 11 is 0. The minimum Gasteiger partial charge on any atom is -0.380 e. The summed E-state index contributed by atoms with van der Waals surface area (Å²) in [7, 11) is 0. The number of benzene rings is 1. The van der Waals surface area contributed by atoms with Crippen LogP contribution < -0.4 is 5.32 Å². The predicted molar refractivity (Wildman–Crippen MR) is 62.9 cm³/mol. The van der Waals surface area contributed by atoms with E-state index in [0.29, 0.717) is 0 Å². The van der Waals surface area contributed by atoms with Crippen LogP contribution in [0.25, 0.3) is 10.9 Å². The smallest absolute Gasteiger partial charge is 0.116 e. The summed E-state index contributed by atoms with van der Waals surface area (Å²) < 4.78 is 0. The highest BCUT2D eigenvalue weighted by Gasteiger charge is 2.09. The van der Waals surface area contributed by atoms with Gasteiger partial charge in [0.05, 0.1) is 5.52 Å². The molecule has 0 fully saturated rings. The van der Waals surface area contributed by atoms with E-state index in [9.17, 15) is 0 Å². The maximum absolute atomic E-state index is 4.18. The fourth-order valence-corrected chi connectivity index (χ4v) is 1.50. The molecule has 0 saturated carbocycles. The van der Waals surface area contributed by atoms with Crippen LogP contribution in [0.15, 0.2) is 30.7 Å². The molecule has 1 aromatic heterocycles. The number of hydrogen-bond donors (Lipinski definition) is 1. The number of hydrogen-bond acceptors (Lipinski definition) is 3. The molecule has 0 aliphatic heterocycles. The van der Waals surface area contributed by atoms with Gasteiger partial charge in [0.25, 0.3) is 0 Å². The van der Waals surface area contributed by atoms with Crippen LogP contribution in [0.3, 0.4) is 0 Å². The standard InChI is InChI=1S/C12H15N3/c1-12(2,3)15-10-4-5-11-9(6-10)7-13-8-14-11/h4-8,15H,1-3H3. The molecular formula is C12H15N3. The largest absolute Gasteiger partial charge is 0.380 e. The minimum absolute atomic E-state index is 0.0727. The Bertz CT molecular complexity index is 471. The number of aromatic nitrogens is 2. The van der Waals surface area contributed by atoms with Crippen LogP contribution in [0.2, 0.25) is 0 Å². The highest BCUT2D eigenvalue weighted by Crippen LogP contribution is 2.19. The molecule has 2 rings (SSSR count).